The maximum atomic E-state index is 12.8. The second-order valence-electron chi connectivity index (χ2n) is 6.31. The van der Waals surface area contributed by atoms with Crippen molar-refractivity contribution in [3.05, 3.63) is 59.7 Å². The Hall–Kier alpha value is -2.83. The van der Waals surface area contributed by atoms with E-state index in [9.17, 15) is 22.8 Å². The molecule has 136 valence electrons. The number of hydrogen-bond acceptors (Lipinski definition) is 2. The lowest BCUT2D eigenvalue weighted by molar-refractivity contribution is -0.137. The quantitative estimate of drug-likeness (QED) is 0.897. The molecule has 0 aromatic heterocycles. The lowest BCUT2D eigenvalue weighted by Crippen LogP contribution is -2.28. The van der Waals surface area contributed by atoms with Gasteiger partial charge in [-0.3, -0.25) is 9.59 Å². The van der Waals surface area contributed by atoms with Gasteiger partial charge < -0.3 is 10.2 Å². The Labute approximate surface area is 148 Å². The fourth-order valence-corrected chi connectivity index (χ4v) is 2.95. The van der Waals surface area contributed by atoms with Crippen molar-refractivity contribution >= 4 is 23.2 Å². The summed E-state index contributed by atoms with van der Waals surface area (Å²) in [7, 11) is 0. The fraction of sp³-hybridized carbons (Fsp3) is 0.263. The first-order valence-electron chi connectivity index (χ1n) is 8.09. The molecule has 1 fully saturated rings. The van der Waals surface area contributed by atoms with Crippen molar-refractivity contribution in [1.82, 2.24) is 0 Å². The molecule has 7 heteroatoms. The molecule has 1 heterocycles. The number of halogens is 3. The van der Waals surface area contributed by atoms with Gasteiger partial charge in [0, 0.05) is 24.3 Å². The van der Waals surface area contributed by atoms with E-state index in [4.69, 9.17) is 0 Å². The van der Waals surface area contributed by atoms with Crippen LogP contribution in [0.4, 0.5) is 24.5 Å². The molecule has 26 heavy (non-hydrogen) atoms. The first kappa shape index (κ1) is 18.0. The molecule has 0 bridgehead atoms. The Morgan fingerprint density at radius 1 is 1.15 bits per heavy atom. The molecule has 0 spiro atoms. The van der Waals surface area contributed by atoms with Crippen LogP contribution in [0.2, 0.25) is 0 Å². The molecule has 1 atom stereocenters. The summed E-state index contributed by atoms with van der Waals surface area (Å²) >= 11 is 0. The highest BCUT2D eigenvalue weighted by Gasteiger charge is 2.35. The second kappa shape index (κ2) is 6.82. The van der Waals surface area contributed by atoms with Gasteiger partial charge in [0.2, 0.25) is 11.8 Å². The number of nitrogens with zero attached hydrogens (tertiary/aromatic N) is 1. The summed E-state index contributed by atoms with van der Waals surface area (Å²) in [6, 6.07) is 11.8. The molecular formula is C19H17F3N2O2. The van der Waals surface area contributed by atoms with Crippen LogP contribution in [-0.2, 0) is 15.8 Å². The normalized spacial score (nSPS) is 17.5. The standard InChI is InChI=1S/C19H17F3N2O2/c1-12-4-2-7-16(8-12)24-11-13(9-17(24)25)18(26)23-15-6-3-5-14(10-15)19(20,21)22/h2-8,10,13H,9,11H2,1H3,(H,23,26)/t13-/m0/s1. The molecule has 0 aliphatic carbocycles. The third-order valence-corrected chi connectivity index (χ3v) is 4.27. The number of anilines is 2. The highest BCUT2D eigenvalue weighted by Crippen LogP contribution is 2.31. The molecule has 2 aromatic rings. The minimum atomic E-state index is -4.48. The molecule has 2 aromatic carbocycles. The van der Waals surface area contributed by atoms with Crippen molar-refractivity contribution in [2.24, 2.45) is 5.92 Å². The van der Waals surface area contributed by atoms with Crippen molar-refractivity contribution in [2.75, 3.05) is 16.8 Å². The Kier molecular flexibility index (Phi) is 4.71. The zero-order valence-electron chi connectivity index (χ0n) is 14.0. The van der Waals surface area contributed by atoms with Crippen LogP contribution in [0.5, 0.6) is 0 Å². The third-order valence-electron chi connectivity index (χ3n) is 4.27. The van der Waals surface area contributed by atoms with Crippen LogP contribution in [0.1, 0.15) is 17.5 Å². The summed E-state index contributed by atoms with van der Waals surface area (Å²) in [5, 5.41) is 2.48. The van der Waals surface area contributed by atoms with Crippen LogP contribution in [0.25, 0.3) is 0 Å². The number of benzene rings is 2. The van der Waals surface area contributed by atoms with E-state index in [2.05, 4.69) is 5.32 Å². The minimum absolute atomic E-state index is 0.0265. The van der Waals surface area contributed by atoms with Crippen LogP contribution in [0, 0.1) is 12.8 Å². The predicted molar refractivity (Wildman–Crippen MR) is 91.7 cm³/mol. The summed E-state index contributed by atoms with van der Waals surface area (Å²) in [5.41, 5.74) is 0.932. The second-order valence-corrected chi connectivity index (χ2v) is 6.31. The number of carbonyl (C=O) groups excluding carboxylic acids is 2. The molecule has 2 amide bonds. The first-order chi connectivity index (χ1) is 12.2. The van der Waals surface area contributed by atoms with E-state index in [0.29, 0.717) is 5.69 Å². The smallest absolute Gasteiger partial charge is 0.326 e. The Morgan fingerprint density at radius 3 is 2.58 bits per heavy atom. The van der Waals surface area contributed by atoms with Crippen LogP contribution >= 0.6 is 0 Å². The molecule has 1 saturated heterocycles. The van der Waals surface area contributed by atoms with Crippen molar-refractivity contribution in [3.63, 3.8) is 0 Å². The zero-order chi connectivity index (χ0) is 18.9. The Morgan fingerprint density at radius 2 is 1.88 bits per heavy atom. The number of alkyl halides is 3. The van der Waals surface area contributed by atoms with E-state index < -0.39 is 23.6 Å². The number of aryl methyl sites for hydroxylation is 1. The molecule has 4 nitrogen and oxygen atoms in total. The lowest BCUT2D eigenvalue weighted by Gasteiger charge is -2.17. The van der Waals surface area contributed by atoms with Crippen molar-refractivity contribution < 1.29 is 22.8 Å². The minimum Gasteiger partial charge on any atom is -0.326 e. The van der Waals surface area contributed by atoms with Gasteiger partial charge in [-0.2, -0.15) is 13.2 Å². The van der Waals surface area contributed by atoms with Crippen molar-refractivity contribution in [2.45, 2.75) is 19.5 Å². The molecule has 0 saturated carbocycles. The SMILES string of the molecule is Cc1cccc(N2C[C@@H](C(=O)Nc3cccc(C(F)(F)F)c3)CC2=O)c1. The fourth-order valence-electron chi connectivity index (χ4n) is 2.95. The van der Waals surface area contributed by atoms with Gasteiger partial charge in [0.1, 0.15) is 0 Å². The van der Waals surface area contributed by atoms with Crippen LogP contribution in [0.3, 0.4) is 0 Å². The molecule has 1 N–H and O–H groups in total. The van der Waals surface area contributed by atoms with Gasteiger partial charge in [-0.05, 0) is 42.8 Å². The summed E-state index contributed by atoms with van der Waals surface area (Å²) in [6.07, 6.45) is -4.45. The van der Waals surface area contributed by atoms with E-state index in [1.165, 1.54) is 17.0 Å². The van der Waals surface area contributed by atoms with Crippen molar-refractivity contribution in [3.8, 4) is 0 Å². The lowest BCUT2D eigenvalue weighted by atomic mass is 10.1. The highest BCUT2D eigenvalue weighted by atomic mass is 19.4. The Bertz CT molecular complexity index is 849. The Balaban J connectivity index is 1.71. The largest absolute Gasteiger partial charge is 0.416 e. The van der Waals surface area contributed by atoms with E-state index >= 15 is 0 Å². The number of amides is 2. The van der Waals surface area contributed by atoms with Gasteiger partial charge in [0.05, 0.1) is 11.5 Å². The number of rotatable bonds is 3. The van der Waals surface area contributed by atoms with Gasteiger partial charge in [-0.25, -0.2) is 0 Å². The highest BCUT2D eigenvalue weighted by molar-refractivity contribution is 6.03. The van der Waals surface area contributed by atoms with E-state index in [0.717, 1.165) is 17.7 Å². The van der Waals surface area contributed by atoms with Crippen LogP contribution in [-0.4, -0.2) is 18.4 Å². The summed E-state index contributed by atoms with van der Waals surface area (Å²) in [6.45, 7) is 2.11. The maximum absolute atomic E-state index is 12.8. The summed E-state index contributed by atoms with van der Waals surface area (Å²) < 4.78 is 38.3. The van der Waals surface area contributed by atoms with E-state index in [1.807, 2.05) is 25.1 Å². The molecule has 1 aliphatic heterocycles. The molecule has 1 aliphatic rings. The molecular weight excluding hydrogens is 345 g/mol. The van der Waals surface area contributed by atoms with Crippen LogP contribution in [0.15, 0.2) is 48.5 Å². The van der Waals surface area contributed by atoms with Gasteiger partial charge in [-0.1, -0.05) is 18.2 Å². The number of carbonyl (C=O) groups is 2. The maximum Gasteiger partial charge on any atom is 0.416 e. The molecule has 0 radical (unpaired) electrons. The molecule has 3 rings (SSSR count). The predicted octanol–water partition coefficient (Wildman–Crippen LogP) is 4.01. The van der Waals surface area contributed by atoms with Crippen LogP contribution < -0.4 is 10.2 Å². The average Bonchev–Trinajstić information content (AvgIpc) is 2.96. The van der Waals surface area contributed by atoms with Gasteiger partial charge in [0.15, 0.2) is 0 Å². The number of hydrogen-bond donors (Lipinski definition) is 1. The van der Waals surface area contributed by atoms with Gasteiger partial charge in [0.25, 0.3) is 0 Å². The third kappa shape index (κ3) is 3.87. The van der Waals surface area contributed by atoms with Crippen molar-refractivity contribution in [1.29, 1.82) is 0 Å². The zero-order valence-corrected chi connectivity index (χ0v) is 14.0. The van der Waals surface area contributed by atoms with E-state index in [1.54, 1.807) is 6.07 Å². The number of nitrogens with one attached hydrogen (secondary N) is 1. The summed E-state index contributed by atoms with van der Waals surface area (Å²) in [5.74, 6) is -1.26. The summed E-state index contributed by atoms with van der Waals surface area (Å²) in [4.78, 5) is 26.2. The van der Waals surface area contributed by atoms with Gasteiger partial charge >= 0.3 is 6.18 Å². The topological polar surface area (TPSA) is 49.4 Å². The van der Waals surface area contributed by atoms with Gasteiger partial charge in [-0.15, -0.1) is 0 Å². The molecule has 0 unspecified atom stereocenters. The van der Waals surface area contributed by atoms with E-state index in [-0.39, 0.29) is 24.6 Å². The average molecular weight is 362 g/mol. The monoisotopic (exact) mass is 362 g/mol. The first-order valence-corrected chi connectivity index (χ1v) is 8.09.